The summed E-state index contributed by atoms with van der Waals surface area (Å²) in [5.74, 6) is -0.519. The van der Waals surface area contributed by atoms with Crippen LogP contribution in [-0.2, 0) is 15.8 Å². The normalized spacial score (nSPS) is 14.2. The third kappa shape index (κ3) is 5.90. The van der Waals surface area contributed by atoms with Crippen molar-refractivity contribution in [2.75, 3.05) is 6.54 Å². The van der Waals surface area contributed by atoms with Crippen LogP contribution in [0.15, 0.2) is 30.3 Å². The zero-order valence-corrected chi connectivity index (χ0v) is 19.0. The average molecular weight is 437 g/mol. The molecule has 1 aromatic heterocycles. The van der Waals surface area contributed by atoms with Gasteiger partial charge in [-0.3, -0.25) is 4.98 Å². The van der Waals surface area contributed by atoms with Gasteiger partial charge in [0, 0.05) is 12.1 Å². The molecule has 2 aromatic rings. The lowest BCUT2D eigenvalue weighted by atomic mass is 9.89. The van der Waals surface area contributed by atoms with E-state index in [0.29, 0.717) is 17.0 Å². The van der Waals surface area contributed by atoms with Gasteiger partial charge in [0.05, 0.1) is 27.5 Å². The first-order chi connectivity index (χ1) is 13.6. The van der Waals surface area contributed by atoms with Gasteiger partial charge in [0.2, 0.25) is 0 Å². The fourth-order valence-corrected chi connectivity index (χ4v) is 2.90. The number of nitrogens with zero attached hydrogens (tertiary/aromatic N) is 1. The van der Waals surface area contributed by atoms with Crippen LogP contribution in [0.3, 0.4) is 0 Å². The number of hydrogen-bond acceptors (Lipinski definition) is 5. The highest BCUT2D eigenvalue weighted by Crippen LogP contribution is 2.31. The van der Waals surface area contributed by atoms with Crippen molar-refractivity contribution < 1.29 is 13.9 Å². The minimum atomic E-state index is -0.906. The van der Waals surface area contributed by atoms with Crippen molar-refractivity contribution in [3.05, 3.63) is 52.4 Å². The number of amides is 1. The van der Waals surface area contributed by atoms with Crippen LogP contribution in [-0.4, -0.2) is 23.2 Å². The van der Waals surface area contributed by atoms with Gasteiger partial charge in [0.15, 0.2) is 0 Å². The second-order valence-electron chi connectivity index (χ2n) is 9.13. The fourth-order valence-electron chi connectivity index (χ4n) is 2.72. The second-order valence-corrected chi connectivity index (χ2v) is 9.54. The van der Waals surface area contributed by atoms with E-state index in [0.717, 1.165) is 5.56 Å². The SMILES string of the molecule is CC(C)(C)OC(=O)NC(C)(C)c1cc(-c2ccc(F)c(Cl)c2)nc(C(C)(N)CN)c1. The summed E-state index contributed by atoms with van der Waals surface area (Å²) in [6.45, 7) is 11.0. The minimum Gasteiger partial charge on any atom is -0.444 e. The Morgan fingerprint density at radius 3 is 2.33 bits per heavy atom. The number of hydrogen-bond donors (Lipinski definition) is 3. The van der Waals surface area contributed by atoms with Crippen LogP contribution in [0.5, 0.6) is 0 Å². The number of alkyl carbamates (subject to hydrolysis) is 1. The summed E-state index contributed by atoms with van der Waals surface area (Å²) in [6, 6.07) is 7.97. The van der Waals surface area contributed by atoms with E-state index in [1.165, 1.54) is 12.1 Å². The molecule has 0 radical (unpaired) electrons. The second kappa shape index (κ2) is 8.49. The first-order valence-electron chi connectivity index (χ1n) is 9.63. The molecule has 0 aliphatic rings. The van der Waals surface area contributed by atoms with Gasteiger partial charge in [0.25, 0.3) is 0 Å². The van der Waals surface area contributed by atoms with Crippen molar-refractivity contribution in [2.45, 2.75) is 58.2 Å². The van der Waals surface area contributed by atoms with Gasteiger partial charge in [-0.25, -0.2) is 9.18 Å². The molecule has 8 heteroatoms. The maximum absolute atomic E-state index is 13.6. The van der Waals surface area contributed by atoms with E-state index in [1.807, 2.05) is 13.8 Å². The van der Waals surface area contributed by atoms with Crippen LogP contribution in [0.2, 0.25) is 5.02 Å². The van der Waals surface area contributed by atoms with Crippen LogP contribution in [0.1, 0.15) is 52.8 Å². The lowest BCUT2D eigenvalue weighted by Crippen LogP contribution is -2.45. The van der Waals surface area contributed by atoms with Crippen molar-refractivity contribution in [3.8, 4) is 11.3 Å². The summed E-state index contributed by atoms with van der Waals surface area (Å²) in [6.07, 6.45) is -0.549. The standard InChI is InChI=1S/C22H30ClFN4O2/c1-20(2,3)30-19(29)28-21(4,5)14-10-17(13-7-8-16(24)15(23)9-13)27-18(11-14)22(6,26)12-25/h7-11H,12,25-26H2,1-6H3,(H,28,29). The Hall–Kier alpha value is -2.22. The predicted molar refractivity (Wildman–Crippen MR) is 118 cm³/mol. The summed E-state index contributed by atoms with van der Waals surface area (Å²) < 4.78 is 19.0. The van der Waals surface area contributed by atoms with Crippen LogP contribution in [0.4, 0.5) is 9.18 Å². The molecule has 0 spiro atoms. The third-order valence-corrected chi connectivity index (χ3v) is 4.87. The minimum absolute atomic E-state index is 0.0123. The van der Waals surface area contributed by atoms with Gasteiger partial charge >= 0.3 is 6.09 Å². The largest absolute Gasteiger partial charge is 0.444 e. The zero-order valence-electron chi connectivity index (χ0n) is 18.3. The summed E-state index contributed by atoms with van der Waals surface area (Å²) in [4.78, 5) is 17.0. The number of rotatable bonds is 5. The molecule has 0 aliphatic heterocycles. The molecule has 1 aromatic carbocycles. The van der Waals surface area contributed by atoms with Crippen molar-refractivity contribution >= 4 is 17.7 Å². The molecule has 1 atom stereocenters. The van der Waals surface area contributed by atoms with Gasteiger partial charge in [-0.05, 0) is 77.4 Å². The number of nitrogens with two attached hydrogens (primary N) is 2. The van der Waals surface area contributed by atoms with Gasteiger partial charge < -0.3 is 21.5 Å². The number of carbonyl (C=O) groups is 1. The van der Waals surface area contributed by atoms with Crippen molar-refractivity contribution in [3.63, 3.8) is 0 Å². The summed E-state index contributed by atoms with van der Waals surface area (Å²) >= 11 is 5.96. The number of carbonyl (C=O) groups excluding carboxylic acids is 1. The van der Waals surface area contributed by atoms with E-state index in [2.05, 4.69) is 10.3 Å². The first kappa shape index (κ1) is 24.1. The lowest BCUT2D eigenvalue weighted by Gasteiger charge is -2.31. The Morgan fingerprint density at radius 1 is 1.17 bits per heavy atom. The first-order valence-corrected chi connectivity index (χ1v) is 10.0. The highest BCUT2D eigenvalue weighted by Gasteiger charge is 2.30. The Kier molecular flexibility index (Phi) is 6.81. The molecule has 5 N–H and O–H groups in total. The van der Waals surface area contributed by atoms with Crippen LogP contribution < -0.4 is 16.8 Å². The fraction of sp³-hybridized carbons (Fsp3) is 0.455. The summed E-state index contributed by atoms with van der Waals surface area (Å²) in [5.41, 5.74) is 12.3. The number of benzene rings is 1. The van der Waals surface area contributed by atoms with Crippen molar-refractivity contribution in [2.24, 2.45) is 11.5 Å². The number of ether oxygens (including phenoxy) is 1. The molecule has 1 amide bonds. The molecule has 0 fully saturated rings. The monoisotopic (exact) mass is 436 g/mol. The van der Waals surface area contributed by atoms with E-state index >= 15 is 0 Å². The molecule has 164 valence electrons. The van der Waals surface area contributed by atoms with Crippen LogP contribution >= 0.6 is 11.6 Å². The topological polar surface area (TPSA) is 103 Å². The average Bonchev–Trinajstić information content (AvgIpc) is 2.61. The number of halogens is 2. The molecule has 0 saturated heterocycles. The Labute approximate surface area is 182 Å². The lowest BCUT2D eigenvalue weighted by molar-refractivity contribution is 0.0470. The summed E-state index contributed by atoms with van der Waals surface area (Å²) in [7, 11) is 0. The third-order valence-electron chi connectivity index (χ3n) is 4.59. The van der Waals surface area contributed by atoms with Gasteiger partial charge in [0.1, 0.15) is 11.4 Å². The smallest absolute Gasteiger partial charge is 0.408 e. The molecular formula is C22H30ClFN4O2. The zero-order chi connectivity index (χ0) is 22.9. The quantitative estimate of drug-likeness (QED) is 0.643. The molecular weight excluding hydrogens is 407 g/mol. The molecule has 0 aliphatic carbocycles. The van der Waals surface area contributed by atoms with Crippen LogP contribution in [0.25, 0.3) is 11.3 Å². The maximum atomic E-state index is 13.6. The Balaban J connectivity index is 2.56. The van der Waals surface area contributed by atoms with Crippen molar-refractivity contribution in [1.29, 1.82) is 0 Å². The van der Waals surface area contributed by atoms with Crippen molar-refractivity contribution in [1.82, 2.24) is 10.3 Å². The molecule has 2 rings (SSSR count). The Morgan fingerprint density at radius 2 is 1.80 bits per heavy atom. The molecule has 30 heavy (non-hydrogen) atoms. The molecule has 1 heterocycles. The van der Waals surface area contributed by atoms with Gasteiger partial charge in [-0.2, -0.15) is 0 Å². The van der Waals surface area contributed by atoms with Gasteiger partial charge in [-0.15, -0.1) is 0 Å². The molecule has 0 saturated carbocycles. The van der Waals surface area contributed by atoms with E-state index in [4.69, 9.17) is 27.8 Å². The highest BCUT2D eigenvalue weighted by atomic mass is 35.5. The Bertz CT molecular complexity index is 939. The highest BCUT2D eigenvalue weighted by molar-refractivity contribution is 6.31. The van der Waals surface area contributed by atoms with Gasteiger partial charge in [-0.1, -0.05) is 11.6 Å². The summed E-state index contributed by atoms with van der Waals surface area (Å²) in [5, 5.41) is 2.87. The molecule has 0 bridgehead atoms. The van der Waals surface area contributed by atoms with E-state index in [1.54, 1.807) is 45.9 Å². The predicted octanol–water partition coefficient (Wildman–Crippen LogP) is 4.43. The molecule has 1 unspecified atom stereocenters. The van der Waals surface area contributed by atoms with Crippen LogP contribution in [0, 0.1) is 5.82 Å². The molecule has 6 nitrogen and oxygen atoms in total. The maximum Gasteiger partial charge on any atom is 0.408 e. The number of aromatic nitrogens is 1. The number of pyridine rings is 1. The number of nitrogens with one attached hydrogen (secondary N) is 1. The van der Waals surface area contributed by atoms with E-state index < -0.39 is 28.6 Å². The van der Waals surface area contributed by atoms with E-state index in [-0.39, 0.29) is 11.6 Å². The van der Waals surface area contributed by atoms with E-state index in [9.17, 15) is 9.18 Å².